The van der Waals surface area contributed by atoms with Crippen molar-refractivity contribution in [3.05, 3.63) is 34.8 Å². The van der Waals surface area contributed by atoms with Crippen LogP contribution in [0, 0.1) is 0 Å². The molecule has 0 radical (unpaired) electrons. The van der Waals surface area contributed by atoms with Crippen molar-refractivity contribution >= 4 is 11.5 Å². The molecule has 0 aromatic carbocycles. The number of likely N-dealkylation sites (N-methyl/N-ethyl adjacent to an activating group) is 1. The maximum Gasteiger partial charge on any atom is 0.220 e. The van der Waals surface area contributed by atoms with Crippen molar-refractivity contribution in [1.29, 1.82) is 0 Å². The van der Waals surface area contributed by atoms with Gasteiger partial charge in [0.15, 0.2) is 5.71 Å². The number of nitrogens with zero attached hydrogens (tertiary/aromatic N) is 1. The summed E-state index contributed by atoms with van der Waals surface area (Å²) in [7, 11) is 1.88. The largest absolute Gasteiger partial charge is 0.506 e. The SMILES string of the molecule is CC1=C(O)C(=C2C=CC(C)=[N+]2C)C1=O. The van der Waals surface area contributed by atoms with E-state index in [1.54, 1.807) is 6.92 Å². The second-order valence-electron chi connectivity index (χ2n) is 3.60. The standard InChI is InChI=1S/C11H11NO2/c1-6-4-5-8(12(6)3)9-10(13)7(2)11(9)14/h4-5H,1-3H3/p+1. The fourth-order valence-corrected chi connectivity index (χ4v) is 1.63. The van der Waals surface area contributed by atoms with Crippen molar-refractivity contribution in [3.63, 3.8) is 0 Å². The molecule has 72 valence electrons. The van der Waals surface area contributed by atoms with Gasteiger partial charge in [-0.3, -0.25) is 4.79 Å². The third-order valence-electron chi connectivity index (χ3n) is 2.79. The van der Waals surface area contributed by atoms with Gasteiger partial charge in [0.2, 0.25) is 11.5 Å². The van der Waals surface area contributed by atoms with Gasteiger partial charge in [0.05, 0.1) is 0 Å². The molecule has 3 heteroatoms. The summed E-state index contributed by atoms with van der Waals surface area (Å²) in [6, 6.07) is 0. The topological polar surface area (TPSA) is 40.3 Å². The number of rotatable bonds is 0. The molecule has 3 nitrogen and oxygen atoms in total. The predicted octanol–water partition coefficient (Wildman–Crippen LogP) is 1.33. The lowest BCUT2D eigenvalue weighted by Gasteiger charge is -2.17. The number of carbonyl (C=O) groups excluding carboxylic acids is 1. The normalized spacial score (nSPS) is 26.4. The van der Waals surface area contributed by atoms with Crippen molar-refractivity contribution in [2.75, 3.05) is 7.05 Å². The summed E-state index contributed by atoms with van der Waals surface area (Å²) in [6.45, 7) is 3.60. The molecule has 0 atom stereocenters. The Hall–Kier alpha value is -1.64. The maximum absolute atomic E-state index is 11.5. The molecule has 0 bridgehead atoms. The summed E-state index contributed by atoms with van der Waals surface area (Å²) in [5, 5.41) is 9.54. The van der Waals surface area contributed by atoms with Crippen LogP contribution in [0.25, 0.3) is 0 Å². The molecule has 0 spiro atoms. The van der Waals surface area contributed by atoms with Crippen LogP contribution in [-0.4, -0.2) is 28.2 Å². The number of aliphatic hydroxyl groups excluding tert-OH is 1. The van der Waals surface area contributed by atoms with Gasteiger partial charge in [-0.15, -0.1) is 0 Å². The molecule has 2 aliphatic rings. The van der Waals surface area contributed by atoms with Gasteiger partial charge in [0, 0.05) is 24.6 Å². The van der Waals surface area contributed by atoms with E-state index >= 15 is 0 Å². The summed E-state index contributed by atoms with van der Waals surface area (Å²) >= 11 is 0. The highest BCUT2D eigenvalue weighted by atomic mass is 16.3. The summed E-state index contributed by atoms with van der Waals surface area (Å²) < 4.78 is 1.90. The van der Waals surface area contributed by atoms with Gasteiger partial charge in [-0.25, -0.2) is 0 Å². The van der Waals surface area contributed by atoms with Crippen LogP contribution >= 0.6 is 0 Å². The summed E-state index contributed by atoms with van der Waals surface area (Å²) in [5.41, 5.74) is 2.75. The summed E-state index contributed by atoms with van der Waals surface area (Å²) in [4.78, 5) is 11.5. The number of hydrogen-bond donors (Lipinski definition) is 1. The molecule has 0 aromatic heterocycles. The zero-order valence-electron chi connectivity index (χ0n) is 8.46. The first-order valence-electron chi connectivity index (χ1n) is 4.48. The second kappa shape index (κ2) is 2.67. The lowest BCUT2D eigenvalue weighted by atomic mass is 9.88. The van der Waals surface area contributed by atoms with Crippen molar-refractivity contribution < 1.29 is 14.5 Å². The highest BCUT2D eigenvalue weighted by Crippen LogP contribution is 2.32. The van der Waals surface area contributed by atoms with Gasteiger partial charge < -0.3 is 5.11 Å². The molecule has 0 saturated carbocycles. The van der Waals surface area contributed by atoms with Gasteiger partial charge >= 0.3 is 0 Å². The highest BCUT2D eigenvalue weighted by Gasteiger charge is 2.37. The number of hydrogen-bond acceptors (Lipinski definition) is 2. The molecule has 1 aliphatic heterocycles. The molecule has 0 aromatic rings. The van der Waals surface area contributed by atoms with E-state index in [0.717, 1.165) is 11.4 Å². The maximum atomic E-state index is 11.5. The highest BCUT2D eigenvalue weighted by molar-refractivity contribution is 6.19. The molecular weight excluding hydrogens is 178 g/mol. The fourth-order valence-electron chi connectivity index (χ4n) is 1.63. The van der Waals surface area contributed by atoms with Crippen LogP contribution < -0.4 is 0 Å². The van der Waals surface area contributed by atoms with Crippen molar-refractivity contribution in [2.24, 2.45) is 0 Å². The van der Waals surface area contributed by atoms with E-state index in [9.17, 15) is 9.90 Å². The minimum absolute atomic E-state index is 0.0521. The van der Waals surface area contributed by atoms with E-state index in [1.807, 2.05) is 30.7 Å². The second-order valence-corrected chi connectivity index (χ2v) is 3.60. The Kier molecular flexibility index (Phi) is 1.71. The minimum atomic E-state index is -0.0521. The zero-order valence-corrected chi connectivity index (χ0v) is 8.46. The quantitative estimate of drug-likeness (QED) is 0.462. The van der Waals surface area contributed by atoms with Gasteiger partial charge in [-0.05, 0) is 6.92 Å². The Balaban J connectivity index is 2.59. The Labute approximate surface area is 82.4 Å². The number of aliphatic hydroxyl groups is 1. The molecule has 0 saturated heterocycles. The molecule has 1 heterocycles. The van der Waals surface area contributed by atoms with Gasteiger partial charge in [-0.1, -0.05) is 0 Å². The van der Waals surface area contributed by atoms with Crippen LogP contribution in [0.4, 0.5) is 0 Å². The summed E-state index contributed by atoms with van der Waals surface area (Å²) in [5.74, 6) is 0.0832. The monoisotopic (exact) mass is 190 g/mol. The first kappa shape index (κ1) is 8.94. The lowest BCUT2D eigenvalue weighted by molar-refractivity contribution is -0.435. The van der Waals surface area contributed by atoms with Crippen LogP contribution in [0.15, 0.2) is 34.8 Å². The third-order valence-corrected chi connectivity index (χ3v) is 2.79. The van der Waals surface area contributed by atoms with Gasteiger partial charge in [0.1, 0.15) is 18.4 Å². The lowest BCUT2D eigenvalue weighted by Crippen LogP contribution is -2.24. The predicted molar refractivity (Wildman–Crippen MR) is 53.4 cm³/mol. The van der Waals surface area contributed by atoms with Crippen LogP contribution in [0.1, 0.15) is 13.8 Å². The molecule has 1 aliphatic carbocycles. The van der Waals surface area contributed by atoms with E-state index in [1.165, 1.54) is 0 Å². The van der Waals surface area contributed by atoms with Crippen LogP contribution in [0.5, 0.6) is 0 Å². The smallest absolute Gasteiger partial charge is 0.220 e. The molecule has 2 rings (SSSR count). The number of Topliss-reactive ketones (excluding diaryl/α,β-unsaturated/α-hetero) is 1. The average Bonchev–Trinajstić information content (AvgIpc) is 2.49. The Bertz CT molecular complexity index is 442. The number of ketones is 1. The molecule has 0 amide bonds. The first-order chi connectivity index (χ1) is 6.54. The third kappa shape index (κ3) is 0.923. The number of carbonyl (C=O) groups is 1. The van der Waals surface area contributed by atoms with E-state index in [0.29, 0.717) is 11.1 Å². The van der Waals surface area contributed by atoms with Gasteiger partial charge in [-0.2, -0.15) is 4.58 Å². The van der Waals surface area contributed by atoms with E-state index < -0.39 is 0 Å². The van der Waals surface area contributed by atoms with E-state index in [-0.39, 0.29) is 11.5 Å². The van der Waals surface area contributed by atoms with E-state index in [4.69, 9.17) is 0 Å². The Morgan fingerprint density at radius 3 is 2.36 bits per heavy atom. The fraction of sp³-hybridized carbons (Fsp3) is 0.273. The van der Waals surface area contributed by atoms with Crippen LogP contribution in [-0.2, 0) is 4.79 Å². The molecular formula is C11H12NO2+. The van der Waals surface area contributed by atoms with Crippen molar-refractivity contribution in [1.82, 2.24) is 0 Å². The summed E-state index contributed by atoms with van der Waals surface area (Å²) in [6.07, 6.45) is 3.78. The van der Waals surface area contributed by atoms with Crippen LogP contribution in [0.3, 0.4) is 0 Å². The average molecular weight is 190 g/mol. The molecule has 0 fully saturated rings. The molecule has 14 heavy (non-hydrogen) atoms. The molecule has 0 unspecified atom stereocenters. The van der Waals surface area contributed by atoms with Crippen LogP contribution in [0.2, 0.25) is 0 Å². The molecule has 1 N–H and O–H groups in total. The minimum Gasteiger partial charge on any atom is -0.506 e. The number of allylic oxidation sites excluding steroid dienone is 4. The van der Waals surface area contributed by atoms with Crippen molar-refractivity contribution in [2.45, 2.75) is 13.8 Å². The van der Waals surface area contributed by atoms with Crippen molar-refractivity contribution in [3.8, 4) is 0 Å². The van der Waals surface area contributed by atoms with E-state index in [2.05, 4.69) is 0 Å². The van der Waals surface area contributed by atoms with Gasteiger partial charge in [0.25, 0.3) is 0 Å². The Morgan fingerprint density at radius 1 is 1.29 bits per heavy atom. The zero-order chi connectivity index (χ0) is 10.5. The first-order valence-corrected chi connectivity index (χ1v) is 4.48. The Morgan fingerprint density at radius 2 is 1.93 bits per heavy atom.